The van der Waals surface area contributed by atoms with Gasteiger partial charge in [0.05, 0.1) is 5.52 Å². The molecular formula is C24H27BrN2O2. The molecular weight excluding hydrogens is 428 g/mol. The largest absolute Gasteiger partial charge is 0.443 e. The number of para-hydroxylation sites is 1. The Hall–Kier alpha value is -2.11. The van der Waals surface area contributed by atoms with Crippen molar-refractivity contribution in [1.29, 1.82) is 0 Å². The highest BCUT2D eigenvalue weighted by Gasteiger charge is 2.22. The number of carbonyl (C=O) groups is 1. The molecule has 0 radical (unpaired) electrons. The monoisotopic (exact) mass is 454 g/mol. The summed E-state index contributed by atoms with van der Waals surface area (Å²) in [6.07, 6.45) is 4.61. The van der Waals surface area contributed by atoms with E-state index in [2.05, 4.69) is 45.5 Å². The molecule has 0 bridgehead atoms. The maximum atomic E-state index is 12.6. The first-order valence-electron chi connectivity index (χ1n) is 10.1. The summed E-state index contributed by atoms with van der Waals surface area (Å²) in [7, 11) is 0. The van der Waals surface area contributed by atoms with E-state index in [-0.39, 0.29) is 6.09 Å². The van der Waals surface area contributed by atoms with Gasteiger partial charge in [-0.25, -0.2) is 4.79 Å². The fourth-order valence-corrected chi connectivity index (χ4v) is 4.46. The van der Waals surface area contributed by atoms with Gasteiger partial charge >= 0.3 is 6.09 Å². The first-order valence-corrected chi connectivity index (χ1v) is 10.9. The molecule has 1 N–H and O–H groups in total. The third-order valence-electron chi connectivity index (χ3n) is 5.31. The van der Waals surface area contributed by atoms with Crippen molar-refractivity contribution in [3.8, 4) is 0 Å². The third-order valence-corrected chi connectivity index (χ3v) is 5.81. The van der Waals surface area contributed by atoms with Gasteiger partial charge in [-0.1, -0.05) is 40.2 Å². The number of hydrogen-bond acceptors (Lipinski definition) is 3. The van der Waals surface area contributed by atoms with Gasteiger partial charge in [-0.05, 0) is 81.5 Å². The number of benzene rings is 2. The van der Waals surface area contributed by atoms with E-state index in [1.807, 2.05) is 45.2 Å². The zero-order valence-corrected chi connectivity index (χ0v) is 18.8. The molecule has 4 nitrogen and oxygen atoms in total. The summed E-state index contributed by atoms with van der Waals surface area (Å²) >= 11 is 3.56. The van der Waals surface area contributed by atoms with Gasteiger partial charge in [-0.3, -0.25) is 4.57 Å². The van der Waals surface area contributed by atoms with E-state index >= 15 is 0 Å². The number of nitrogens with one attached hydrogen (secondary N) is 1. The van der Waals surface area contributed by atoms with Gasteiger partial charge in [0.15, 0.2) is 0 Å². The Morgan fingerprint density at radius 2 is 1.93 bits per heavy atom. The predicted molar refractivity (Wildman–Crippen MR) is 121 cm³/mol. The molecule has 0 saturated carbocycles. The summed E-state index contributed by atoms with van der Waals surface area (Å²) in [6.45, 7) is 6.54. The molecule has 2 aromatic carbocycles. The SMILES string of the molecule is CC(C)(C)OC(=O)n1cc(CCNC2Cc3ccc(Br)cc3C2)c2ccccc21. The van der Waals surface area contributed by atoms with Crippen LogP contribution in [0.3, 0.4) is 0 Å². The highest BCUT2D eigenvalue weighted by molar-refractivity contribution is 9.10. The van der Waals surface area contributed by atoms with Crippen LogP contribution in [0.25, 0.3) is 10.9 Å². The predicted octanol–water partition coefficient (Wildman–Crippen LogP) is 5.49. The van der Waals surface area contributed by atoms with Crippen molar-refractivity contribution < 1.29 is 9.53 Å². The molecule has 1 aliphatic rings. The smallest absolute Gasteiger partial charge is 0.419 e. The first kappa shape index (κ1) is 20.2. The number of halogens is 1. The Balaban J connectivity index is 1.44. The fraction of sp³-hybridized carbons (Fsp3) is 0.375. The number of hydrogen-bond donors (Lipinski definition) is 1. The lowest BCUT2D eigenvalue weighted by atomic mass is 10.1. The number of aromatic nitrogens is 1. The quantitative estimate of drug-likeness (QED) is 0.566. The summed E-state index contributed by atoms with van der Waals surface area (Å²) in [5, 5.41) is 4.81. The molecule has 1 aliphatic carbocycles. The van der Waals surface area contributed by atoms with Gasteiger partial charge < -0.3 is 10.1 Å². The van der Waals surface area contributed by atoms with Gasteiger partial charge in [0.1, 0.15) is 5.60 Å². The number of nitrogens with zero attached hydrogens (tertiary/aromatic N) is 1. The highest BCUT2D eigenvalue weighted by atomic mass is 79.9. The first-order chi connectivity index (χ1) is 13.8. The van der Waals surface area contributed by atoms with E-state index in [0.29, 0.717) is 6.04 Å². The average molecular weight is 455 g/mol. The van der Waals surface area contributed by atoms with Crippen LogP contribution in [0.15, 0.2) is 53.1 Å². The summed E-state index contributed by atoms with van der Waals surface area (Å²) in [4.78, 5) is 12.6. The Morgan fingerprint density at radius 3 is 2.72 bits per heavy atom. The summed E-state index contributed by atoms with van der Waals surface area (Å²) in [5.74, 6) is 0. The van der Waals surface area contributed by atoms with Crippen LogP contribution in [0.1, 0.15) is 37.5 Å². The Bertz CT molecular complexity index is 1050. The van der Waals surface area contributed by atoms with Crippen molar-refractivity contribution in [2.75, 3.05) is 6.54 Å². The van der Waals surface area contributed by atoms with Crippen molar-refractivity contribution in [3.05, 3.63) is 69.8 Å². The van der Waals surface area contributed by atoms with Crippen LogP contribution in [-0.2, 0) is 24.0 Å². The topological polar surface area (TPSA) is 43.3 Å². The van der Waals surface area contributed by atoms with Crippen LogP contribution in [0, 0.1) is 0 Å². The molecule has 0 aliphatic heterocycles. The van der Waals surface area contributed by atoms with Crippen LogP contribution >= 0.6 is 15.9 Å². The lowest BCUT2D eigenvalue weighted by Crippen LogP contribution is -2.31. The molecule has 3 aromatic rings. The Labute approximate surface area is 180 Å². The number of carbonyl (C=O) groups excluding carboxylic acids is 1. The van der Waals surface area contributed by atoms with Crippen molar-refractivity contribution in [2.24, 2.45) is 0 Å². The van der Waals surface area contributed by atoms with Crippen molar-refractivity contribution in [3.63, 3.8) is 0 Å². The van der Waals surface area contributed by atoms with E-state index in [9.17, 15) is 4.79 Å². The molecule has 1 atom stereocenters. The van der Waals surface area contributed by atoms with E-state index in [0.717, 1.165) is 46.7 Å². The minimum Gasteiger partial charge on any atom is -0.443 e. The third kappa shape index (κ3) is 4.57. The molecule has 1 heterocycles. The summed E-state index contributed by atoms with van der Waals surface area (Å²) in [5.41, 5.74) is 4.41. The Kier molecular flexibility index (Phi) is 5.54. The summed E-state index contributed by atoms with van der Waals surface area (Å²) < 4.78 is 8.36. The minimum absolute atomic E-state index is 0.329. The standard InChI is InChI=1S/C24H27BrN2O2/c1-24(2,3)29-23(28)27-15-17(21-6-4-5-7-22(21)27)10-11-26-20-13-16-8-9-19(25)12-18(16)14-20/h4-9,12,15,20,26H,10-11,13-14H2,1-3H3. The zero-order valence-electron chi connectivity index (χ0n) is 17.2. The van der Waals surface area contributed by atoms with E-state index in [4.69, 9.17) is 4.74 Å². The molecule has 29 heavy (non-hydrogen) atoms. The maximum Gasteiger partial charge on any atom is 0.419 e. The number of rotatable bonds is 4. The second kappa shape index (κ2) is 7.96. The van der Waals surface area contributed by atoms with Gasteiger partial charge in [-0.2, -0.15) is 0 Å². The molecule has 0 saturated heterocycles. The second-order valence-electron chi connectivity index (χ2n) is 8.74. The van der Waals surface area contributed by atoms with Crippen LogP contribution in [0.2, 0.25) is 0 Å². The molecule has 1 aromatic heterocycles. The summed E-state index contributed by atoms with van der Waals surface area (Å²) in [6, 6.07) is 15.1. The van der Waals surface area contributed by atoms with Crippen LogP contribution in [0.4, 0.5) is 4.79 Å². The molecule has 152 valence electrons. The average Bonchev–Trinajstić information content (AvgIpc) is 3.21. The van der Waals surface area contributed by atoms with E-state index in [1.165, 1.54) is 11.1 Å². The number of fused-ring (bicyclic) bond motifs is 2. The molecule has 4 rings (SSSR count). The number of ether oxygens (including phenoxy) is 1. The van der Waals surface area contributed by atoms with E-state index in [1.54, 1.807) is 4.57 Å². The molecule has 0 fully saturated rings. The maximum absolute atomic E-state index is 12.6. The van der Waals surface area contributed by atoms with Crippen molar-refractivity contribution >= 4 is 32.9 Å². The molecule has 5 heteroatoms. The van der Waals surface area contributed by atoms with Crippen LogP contribution < -0.4 is 5.32 Å². The molecule has 0 amide bonds. The van der Waals surface area contributed by atoms with Gasteiger partial charge in [0.25, 0.3) is 0 Å². The fourth-order valence-electron chi connectivity index (χ4n) is 4.05. The van der Waals surface area contributed by atoms with Crippen molar-refractivity contribution in [1.82, 2.24) is 9.88 Å². The Morgan fingerprint density at radius 1 is 1.17 bits per heavy atom. The molecule has 0 spiro atoms. The highest BCUT2D eigenvalue weighted by Crippen LogP contribution is 2.26. The normalized spacial score (nSPS) is 16.2. The minimum atomic E-state index is -0.517. The second-order valence-corrected chi connectivity index (χ2v) is 9.66. The van der Waals surface area contributed by atoms with Crippen molar-refractivity contribution in [2.45, 2.75) is 51.7 Å². The van der Waals surface area contributed by atoms with Gasteiger partial charge in [0, 0.05) is 22.1 Å². The zero-order chi connectivity index (χ0) is 20.6. The van der Waals surface area contributed by atoms with Crippen LogP contribution in [-0.4, -0.2) is 28.8 Å². The lowest BCUT2D eigenvalue weighted by Gasteiger charge is -2.19. The van der Waals surface area contributed by atoms with Gasteiger partial charge in [0.2, 0.25) is 0 Å². The van der Waals surface area contributed by atoms with Crippen LogP contribution in [0.5, 0.6) is 0 Å². The van der Waals surface area contributed by atoms with Gasteiger partial charge in [-0.15, -0.1) is 0 Å². The molecule has 1 unspecified atom stereocenters. The lowest BCUT2D eigenvalue weighted by molar-refractivity contribution is 0.0544. The van der Waals surface area contributed by atoms with E-state index < -0.39 is 5.60 Å².